The van der Waals surface area contributed by atoms with Gasteiger partial charge in [0.15, 0.2) is 5.78 Å². The van der Waals surface area contributed by atoms with E-state index in [9.17, 15) is 19.2 Å². The molecule has 3 amide bonds. The second-order valence-corrected chi connectivity index (χ2v) is 8.82. The molecule has 0 unspecified atom stereocenters. The molecule has 1 aromatic carbocycles. The Morgan fingerprint density at radius 2 is 1.73 bits per heavy atom. The standard InChI is InChI=1S/C21H16Cl2N2O4S/c22-12-7-8-15(16(23)10-12)19(27)24(11-17(26)18-6-3-9-30-18)25-20(28)13-4-1-2-5-14(13)21(25)29/h1-3,6-10,13-14H,4-5,11H2/t13-,14-/m1/s1. The average molecular weight is 463 g/mol. The zero-order valence-corrected chi connectivity index (χ0v) is 17.9. The van der Waals surface area contributed by atoms with E-state index in [2.05, 4.69) is 0 Å². The minimum Gasteiger partial charge on any atom is -0.291 e. The number of amides is 3. The third-order valence-electron chi connectivity index (χ3n) is 5.21. The largest absolute Gasteiger partial charge is 0.291 e. The molecule has 2 heterocycles. The van der Waals surface area contributed by atoms with Crippen LogP contribution in [-0.4, -0.2) is 40.1 Å². The molecule has 2 aromatic rings. The molecule has 6 nitrogen and oxygen atoms in total. The molecule has 2 aliphatic rings. The van der Waals surface area contributed by atoms with Gasteiger partial charge in [-0.3, -0.25) is 19.2 Å². The summed E-state index contributed by atoms with van der Waals surface area (Å²) >= 11 is 13.3. The number of hydrogen-bond acceptors (Lipinski definition) is 5. The van der Waals surface area contributed by atoms with Crippen molar-refractivity contribution in [3.05, 3.63) is 68.3 Å². The maximum absolute atomic E-state index is 13.4. The van der Waals surface area contributed by atoms with Crippen LogP contribution in [0, 0.1) is 11.8 Å². The number of carbonyl (C=O) groups is 4. The Morgan fingerprint density at radius 3 is 2.30 bits per heavy atom. The average Bonchev–Trinajstić information content (AvgIpc) is 3.34. The summed E-state index contributed by atoms with van der Waals surface area (Å²) in [4.78, 5) is 52.7. The summed E-state index contributed by atoms with van der Waals surface area (Å²) in [6, 6.07) is 7.63. The number of benzene rings is 1. The smallest absolute Gasteiger partial charge is 0.274 e. The summed E-state index contributed by atoms with van der Waals surface area (Å²) in [6.45, 7) is -0.456. The van der Waals surface area contributed by atoms with Crippen LogP contribution in [-0.2, 0) is 9.59 Å². The zero-order valence-electron chi connectivity index (χ0n) is 15.6. The molecule has 30 heavy (non-hydrogen) atoms. The highest BCUT2D eigenvalue weighted by atomic mass is 35.5. The topological polar surface area (TPSA) is 74.8 Å². The van der Waals surface area contributed by atoms with E-state index in [0.717, 1.165) is 10.0 Å². The highest BCUT2D eigenvalue weighted by Gasteiger charge is 2.51. The van der Waals surface area contributed by atoms with E-state index in [1.54, 1.807) is 17.5 Å². The van der Waals surface area contributed by atoms with Crippen molar-refractivity contribution in [2.75, 3.05) is 6.54 Å². The monoisotopic (exact) mass is 462 g/mol. The minimum atomic E-state index is -0.713. The van der Waals surface area contributed by atoms with Gasteiger partial charge in [-0.05, 0) is 42.5 Å². The van der Waals surface area contributed by atoms with E-state index in [1.807, 2.05) is 12.2 Å². The number of hydrogen-bond donors (Lipinski definition) is 0. The van der Waals surface area contributed by atoms with Crippen molar-refractivity contribution >= 4 is 58.0 Å². The van der Waals surface area contributed by atoms with Gasteiger partial charge in [-0.25, -0.2) is 5.01 Å². The number of allylic oxidation sites excluding steroid dienone is 2. The van der Waals surface area contributed by atoms with Crippen LogP contribution in [0.1, 0.15) is 32.9 Å². The summed E-state index contributed by atoms with van der Waals surface area (Å²) < 4.78 is 0. The van der Waals surface area contributed by atoms with E-state index < -0.39 is 36.1 Å². The first-order valence-electron chi connectivity index (χ1n) is 9.25. The summed E-state index contributed by atoms with van der Waals surface area (Å²) in [7, 11) is 0. The van der Waals surface area contributed by atoms with Crippen LogP contribution in [0.25, 0.3) is 0 Å². The van der Waals surface area contributed by atoms with Crippen molar-refractivity contribution in [3.8, 4) is 0 Å². The van der Waals surface area contributed by atoms with Gasteiger partial charge in [0.2, 0.25) is 0 Å². The van der Waals surface area contributed by atoms with Gasteiger partial charge in [0.1, 0.15) is 6.54 Å². The fourth-order valence-corrected chi connectivity index (χ4v) is 4.85. The molecular weight excluding hydrogens is 447 g/mol. The third-order valence-corrected chi connectivity index (χ3v) is 6.67. The minimum absolute atomic E-state index is 0.0497. The second kappa shape index (κ2) is 8.34. The van der Waals surface area contributed by atoms with E-state index in [0.29, 0.717) is 22.7 Å². The highest BCUT2D eigenvalue weighted by Crippen LogP contribution is 2.36. The Morgan fingerprint density at radius 1 is 1.07 bits per heavy atom. The van der Waals surface area contributed by atoms with Crippen LogP contribution in [0.5, 0.6) is 0 Å². The summed E-state index contributed by atoms with van der Waals surface area (Å²) in [5.74, 6) is -3.11. The molecule has 0 N–H and O–H groups in total. The lowest BCUT2D eigenvalue weighted by Gasteiger charge is -2.30. The molecule has 0 saturated carbocycles. The van der Waals surface area contributed by atoms with Crippen LogP contribution in [0.3, 0.4) is 0 Å². The molecule has 4 rings (SSSR count). The first kappa shape index (κ1) is 20.8. The van der Waals surface area contributed by atoms with Crippen molar-refractivity contribution in [2.24, 2.45) is 11.8 Å². The van der Waals surface area contributed by atoms with Crippen LogP contribution < -0.4 is 0 Å². The molecule has 0 bridgehead atoms. The number of imide groups is 1. The van der Waals surface area contributed by atoms with Gasteiger partial charge in [-0.15, -0.1) is 11.3 Å². The van der Waals surface area contributed by atoms with Gasteiger partial charge < -0.3 is 0 Å². The van der Waals surface area contributed by atoms with Gasteiger partial charge >= 0.3 is 0 Å². The number of Topliss-reactive ketones (excluding diaryl/α,β-unsaturated/α-hetero) is 1. The second-order valence-electron chi connectivity index (χ2n) is 7.03. The fraction of sp³-hybridized carbons (Fsp3) is 0.238. The maximum atomic E-state index is 13.4. The molecular formula is C21H16Cl2N2O4S. The maximum Gasteiger partial charge on any atom is 0.274 e. The van der Waals surface area contributed by atoms with Gasteiger partial charge in [-0.1, -0.05) is 41.4 Å². The molecule has 1 aliphatic carbocycles. The first-order chi connectivity index (χ1) is 14.4. The number of rotatable bonds is 5. The number of halogens is 2. The highest BCUT2D eigenvalue weighted by molar-refractivity contribution is 7.12. The molecule has 154 valence electrons. The molecule has 1 fully saturated rings. The fourth-order valence-electron chi connectivity index (χ4n) is 3.71. The Balaban J connectivity index is 1.72. The van der Waals surface area contributed by atoms with Crippen molar-refractivity contribution < 1.29 is 19.2 Å². The van der Waals surface area contributed by atoms with Crippen LogP contribution in [0.15, 0.2) is 47.9 Å². The lowest BCUT2D eigenvalue weighted by molar-refractivity contribution is -0.154. The third kappa shape index (κ3) is 3.69. The van der Waals surface area contributed by atoms with E-state index in [1.165, 1.54) is 29.5 Å². The van der Waals surface area contributed by atoms with Crippen LogP contribution in [0.2, 0.25) is 10.0 Å². The molecule has 1 saturated heterocycles. The normalized spacial score (nSPS) is 20.4. The number of carbonyl (C=O) groups excluding carboxylic acids is 4. The number of thiophene rings is 1. The van der Waals surface area contributed by atoms with Gasteiger partial charge in [0.25, 0.3) is 17.7 Å². The Kier molecular flexibility index (Phi) is 5.77. The van der Waals surface area contributed by atoms with Crippen LogP contribution >= 0.6 is 34.5 Å². The quantitative estimate of drug-likeness (QED) is 0.378. The predicted octanol–water partition coefficient (Wildman–Crippen LogP) is 4.25. The van der Waals surface area contributed by atoms with Gasteiger partial charge in [0, 0.05) is 5.02 Å². The number of hydrazine groups is 1. The number of ketones is 1. The zero-order chi connectivity index (χ0) is 21.4. The SMILES string of the molecule is O=C(CN(C(=O)c1ccc(Cl)cc1Cl)N1C(=O)[C@@H]2CC=CC[C@H]2C1=O)c1cccs1. The molecule has 0 spiro atoms. The van der Waals surface area contributed by atoms with Crippen molar-refractivity contribution in [3.63, 3.8) is 0 Å². The summed E-state index contributed by atoms with van der Waals surface area (Å²) in [5.41, 5.74) is 0.0497. The van der Waals surface area contributed by atoms with E-state index >= 15 is 0 Å². The first-order valence-corrected chi connectivity index (χ1v) is 10.9. The molecule has 2 atom stereocenters. The van der Waals surface area contributed by atoms with Crippen molar-refractivity contribution in [1.82, 2.24) is 10.0 Å². The molecule has 0 radical (unpaired) electrons. The van der Waals surface area contributed by atoms with Crippen molar-refractivity contribution in [1.29, 1.82) is 0 Å². The number of fused-ring (bicyclic) bond motifs is 1. The Bertz CT molecular complexity index is 1040. The lowest BCUT2D eigenvalue weighted by atomic mass is 9.85. The van der Waals surface area contributed by atoms with E-state index in [4.69, 9.17) is 23.2 Å². The summed E-state index contributed by atoms with van der Waals surface area (Å²) in [6.07, 6.45) is 4.56. The van der Waals surface area contributed by atoms with Gasteiger partial charge in [-0.2, -0.15) is 5.01 Å². The number of nitrogens with zero attached hydrogens (tertiary/aromatic N) is 2. The van der Waals surface area contributed by atoms with E-state index in [-0.39, 0.29) is 16.4 Å². The molecule has 1 aromatic heterocycles. The Hall–Kier alpha value is -2.48. The Labute approximate surface area is 186 Å². The lowest BCUT2D eigenvalue weighted by Crippen LogP contribution is -2.52. The molecule has 1 aliphatic heterocycles. The summed E-state index contributed by atoms with van der Waals surface area (Å²) in [5, 5.41) is 3.89. The predicted molar refractivity (Wildman–Crippen MR) is 113 cm³/mol. The van der Waals surface area contributed by atoms with Gasteiger partial charge in [0.05, 0.1) is 27.3 Å². The molecule has 9 heteroatoms. The van der Waals surface area contributed by atoms with Crippen molar-refractivity contribution in [2.45, 2.75) is 12.8 Å². The van der Waals surface area contributed by atoms with Crippen LogP contribution in [0.4, 0.5) is 0 Å².